The van der Waals surface area contributed by atoms with E-state index in [0.29, 0.717) is 4.90 Å². The summed E-state index contributed by atoms with van der Waals surface area (Å²) < 4.78 is 55.9. The monoisotopic (exact) mass is 481 g/mol. The van der Waals surface area contributed by atoms with Crippen LogP contribution in [0.4, 0.5) is 0 Å². The minimum atomic E-state index is -4.14. The molecular formula is C22H31NO5S2Si. The van der Waals surface area contributed by atoms with Gasteiger partial charge in [-0.1, -0.05) is 60.4 Å². The molecule has 0 amide bonds. The fourth-order valence-corrected chi connectivity index (χ4v) is 8.05. The highest BCUT2D eigenvalue weighted by Crippen LogP contribution is 2.40. The lowest BCUT2D eigenvalue weighted by atomic mass is 10.2. The first-order valence-electron chi connectivity index (χ1n) is 10.2. The summed E-state index contributed by atoms with van der Waals surface area (Å²) >= 11 is 0. The summed E-state index contributed by atoms with van der Waals surface area (Å²) in [6, 6.07) is 14.8. The maximum Gasteiger partial charge on any atom is 0.290 e. The van der Waals surface area contributed by atoms with Crippen molar-refractivity contribution in [3.8, 4) is 0 Å². The number of epoxide rings is 1. The molecule has 1 heterocycles. The number of sulfonamides is 1. The molecule has 9 heteroatoms. The Labute approximate surface area is 187 Å². The van der Waals surface area contributed by atoms with Gasteiger partial charge in [-0.25, -0.2) is 4.21 Å². The van der Waals surface area contributed by atoms with Crippen molar-refractivity contribution >= 4 is 28.1 Å². The van der Waals surface area contributed by atoms with Gasteiger partial charge in [0, 0.05) is 0 Å². The van der Waals surface area contributed by atoms with E-state index in [1.165, 1.54) is 12.1 Å². The van der Waals surface area contributed by atoms with Crippen LogP contribution in [0.5, 0.6) is 0 Å². The molecule has 0 radical (unpaired) electrons. The number of aryl methyl sites for hydroxylation is 1. The maximum atomic E-state index is 14.0. The zero-order valence-electron chi connectivity index (χ0n) is 18.9. The second-order valence-corrected chi connectivity index (χ2v) is 18.3. The van der Waals surface area contributed by atoms with Crippen LogP contribution in [-0.2, 0) is 28.9 Å². The van der Waals surface area contributed by atoms with Crippen molar-refractivity contribution in [3.05, 3.63) is 60.2 Å². The molecule has 2 aromatic carbocycles. The summed E-state index contributed by atoms with van der Waals surface area (Å²) in [5.74, 6) is 0. The number of ether oxygens (including phenoxy) is 1. The molecule has 31 heavy (non-hydrogen) atoms. The van der Waals surface area contributed by atoms with Gasteiger partial charge in [0.25, 0.3) is 10.0 Å². The van der Waals surface area contributed by atoms with Gasteiger partial charge in [-0.15, -0.1) is 0 Å². The van der Waals surface area contributed by atoms with Gasteiger partial charge in [0.2, 0.25) is 0 Å². The van der Waals surface area contributed by atoms with Gasteiger partial charge in [0.15, 0.2) is 13.8 Å². The van der Waals surface area contributed by atoms with Crippen LogP contribution in [-0.4, -0.2) is 39.1 Å². The summed E-state index contributed by atoms with van der Waals surface area (Å²) in [6.07, 6.45) is -0.459. The molecule has 170 valence electrons. The minimum Gasteiger partial charge on any atom is -0.414 e. The van der Waals surface area contributed by atoms with Crippen molar-refractivity contribution in [2.45, 2.75) is 67.2 Å². The van der Waals surface area contributed by atoms with Gasteiger partial charge >= 0.3 is 0 Å². The molecule has 1 saturated heterocycles. The first kappa shape index (κ1) is 24.1. The van der Waals surface area contributed by atoms with Gasteiger partial charge < -0.3 is 9.16 Å². The van der Waals surface area contributed by atoms with E-state index in [2.05, 4.69) is 37.6 Å². The SMILES string of the molecule is Cc1ccc(S(=O)(=O)N=S(=O)(c2ccccc2)[C@H]2O[C@@H]2CO[Si](C)(C)C(C)(C)C)cc1. The number of hydrogen-bond acceptors (Lipinski definition) is 5. The predicted octanol–water partition coefficient (Wildman–Crippen LogP) is 4.96. The Balaban J connectivity index is 1.95. The lowest BCUT2D eigenvalue weighted by molar-refractivity contribution is 0.243. The van der Waals surface area contributed by atoms with E-state index in [0.717, 1.165) is 5.56 Å². The summed E-state index contributed by atoms with van der Waals surface area (Å²) in [5, 5.41) is 0.0252. The Bertz CT molecular complexity index is 1150. The van der Waals surface area contributed by atoms with Crippen LogP contribution in [0.25, 0.3) is 0 Å². The fourth-order valence-electron chi connectivity index (χ4n) is 2.77. The van der Waals surface area contributed by atoms with Gasteiger partial charge in [0.05, 0.1) is 16.4 Å². The molecule has 0 saturated carbocycles. The first-order valence-corrected chi connectivity index (χ1v) is 16.1. The van der Waals surface area contributed by atoms with Crippen LogP contribution < -0.4 is 0 Å². The van der Waals surface area contributed by atoms with Gasteiger partial charge in [-0.3, -0.25) is 0 Å². The van der Waals surface area contributed by atoms with Crippen molar-refractivity contribution in [1.82, 2.24) is 0 Å². The topological polar surface area (TPSA) is 85.3 Å². The highest BCUT2D eigenvalue weighted by Gasteiger charge is 2.51. The molecule has 0 bridgehead atoms. The number of rotatable bonds is 7. The Kier molecular flexibility index (Phi) is 6.57. The van der Waals surface area contributed by atoms with Crippen molar-refractivity contribution in [2.24, 2.45) is 3.77 Å². The third-order valence-corrected chi connectivity index (χ3v) is 14.9. The van der Waals surface area contributed by atoms with Crippen LogP contribution in [0.1, 0.15) is 26.3 Å². The molecule has 1 aliphatic rings. The Hall–Kier alpha value is -1.52. The van der Waals surface area contributed by atoms with Crippen molar-refractivity contribution in [2.75, 3.05) is 6.61 Å². The number of benzene rings is 2. The van der Waals surface area contributed by atoms with E-state index in [1.54, 1.807) is 42.5 Å². The van der Waals surface area contributed by atoms with Gasteiger partial charge in [-0.05, 0) is 49.3 Å². The van der Waals surface area contributed by atoms with E-state index in [1.807, 2.05) is 6.92 Å². The minimum absolute atomic E-state index is 0.0106. The van der Waals surface area contributed by atoms with E-state index < -0.39 is 39.6 Å². The molecule has 1 fully saturated rings. The summed E-state index contributed by atoms with van der Waals surface area (Å²) in [4.78, 5) is 0.349. The largest absolute Gasteiger partial charge is 0.414 e. The standard InChI is InChI=1S/C22H31NO5S2Si/c1-17-12-14-19(15-13-17)30(25,26)23-29(24,18-10-8-7-9-11-18)21-20(28-21)16-27-31(5,6)22(2,3)4/h7-15,20-21H,16H2,1-6H3/t20-,21-,29?/m1/s1. The van der Waals surface area contributed by atoms with E-state index >= 15 is 0 Å². The van der Waals surface area contributed by atoms with E-state index in [4.69, 9.17) is 9.16 Å². The van der Waals surface area contributed by atoms with Gasteiger partial charge in [0.1, 0.15) is 15.8 Å². The third-order valence-electron chi connectivity index (χ3n) is 5.87. The van der Waals surface area contributed by atoms with Crippen LogP contribution in [0.15, 0.2) is 68.2 Å². The predicted molar refractivity (Wildman–Crippen MR) is 125 cm³/mol. The second-order valence-electron chi connectivity index (χ2n) is 9.36. The highest BCUT2D eigenvalue weighted by atomic mass is 32.3. The third kappa shape index (κ3) is 5.28. The van der Waals surface area contributed by atoms with Crippen LogP contribution in [0.2, 0.25) is 18.1 Å². The summed E-state index contributed by atoms with van der Waals surface area (Å²) in [6.45, 7) is 12.8. The summed E-state index contributed by atoms with van der Waals surface area (Å²) in [5.41, 5.74) is 0.0935. The molecule has 0 aliphatic carbocycles. The lowest BCUT2D eigenvalue weighted by Crippen LogP contribution is -2.41. The molecule has 6 nitrogen and oxygen atoms in total. The normalized spacial score (nSPS) is 21.4. The van der Waals surface area contributed by atoms with E-state index in [9.17, 15) is 12.6 Å². The number of nitrogens with zero attached hydrogens (tertiary/aromatic N) is 1. The number of hydrogen-bond donors (Lipinski definition) is 0. The average molecular weight is 482 g/mol. The van der Waals surface area contributed by atoms with Gasteiger partial charge in [-0.2, -0.15) is 8.42 Å². The van der Waals surface area contributed by atoms with E-state index in [-0.39, 0.29) is 16.5 Å². The van der Waals surface area contributed by atoms with Crippen LogP contribution in [0, 0.1) is 6.92 Å². The Morgan fingerprint density at radius 3 is 2.10 bits per heavy atom. The zero-order valence-corrected chi connectivity index (χ0v) is 21.5. The molecule has 2 aromatic rings. The van der Waals surface area contributed by atoms with Crippen molar-refractivity contribution in [1.29, 1.82) is 0 Å². The molecule has 1 aliphatic heterocycles. The molecule has 3 rings (SSSR count). The molecule has 1 unspecified atom stereocenters. The highest BCUT2D eigenvalue weighted by molar-refractivity contribution is 8.03. The smallest absolute Gasteiger partial charge is 0.290 e. The van der Waals surface area contributed by atoms with Crippen molar-refractivity contribution in [3.63, 3.8) is 0 Å². The van der Waals surface area contributed by atoms with Crippen LogP contribution in [0.3, 0.4) is 0 Å². The first-order chi connectivity index (χ1) is 14.3. The van der Waals surface area contributed by atoms with Crippen LogP contribution >= 0.6 is 0 Å². The fraction of sp³-hybridized carbons (Fsp3) is 0.455. The summed E-state index contributed by atoms with van der Waals surface area (Å²) in [7, 11) is -9.55. The Morgan fingerprint density at radius 1 is 0.968 bits per heavy atom. The quantitative estimate of drug-likeness (QED) is 0.412. The molecule has 0 aromatic heterocycles. The van der Waals surface area contributed by atoms with Crippen molar-refractivity contribution < 1.29 is 21.8 Å². The zero-order chi connectivity index (χ0) is 23.1. The molecule has 3 atom stereocenters. The lowest BCUT2D eigenvalue weighted by Gasteiger charge is -2.35. The second kappa shape index (κ2) is 8.44. The Morgan fingerprint density at radius 2 is 1.55 bits per heavy atom. The molecule has 0 spiro atoms. The molecular weight excluding hydrogens is 450 g/mol. The average Bonchev–Trinajstić information content (AvgIpc) is 3.47. The maximum absolute atomic E-state index is 14.0. The molecule has 0 N–H and O–H groups in total.